The van der Waals surface area contributed by atoms with E-state index in [1.165, 1.54) is 6.92 Å². The summed E-state index contributed by atoms with van der Waals surface area (Å²) in [5.74, 6) is -0.135. The molecular weight excluding hydrogens is 362 g/mol. The van der Waals surface area contributed by atoms with Gasteiger partial charge in [0.25, 0.3) is 5.91 Å². The maximum Gasteiger partial charge on any atom is 0.355 e. The number of nitrogens with zero attached hydrogens (tertiary/aromatic N) is 1. The van der Waals surface area contributed by atoms with Crippen LogP contribution in [0.2, 0.25) is 0 Å². The SMILES string of the molecule is C[C@H](OC(=O)C1=NNC(=O)CC1)C(=O)Nc1ccc(Oc2ccccc2)cc1. The van der Waals surface area contributed by atoms with Crippen molar-refractivity contribution in [2.75, 3.05) is 5.32 Å². The zero-order valence-corrected chi connectivity index (χ0v) is 15.2. The van der Waals surface area contributed by atoms with E-state index < -0.39 is 18.0 Å². The van der Waals surface area contributed by atoms with Crippen molar-refractivity contribution < 1.29 is 23.9 Å². The van der Waals surface area contributed by atoms with Crippen LogP contribution in [0.15, 0.2) is 59.7 Å². The van der Waals surface area contributed by atoms with Gasteiger partial charge in [-0.2, -0.15) is 5.10 Å². The van der Waals surface area contributed by atoms with Crippen LogP contribution in [0.5, 0.6) is 11.5 Å². The maximum absolute atomic E-state index is 12.2. The number of ether oxygens (including phenoxy) is 2. The first-order chi connectivity index (χ1) is 13.5. The summed E-state index contributed by atoms with van der Waals surface area (Å²) >= 11 is 0. The van der Waals surface area contributed by atoms with Gasteiger partial charge >= 0.3 is 5.97 Å². The predicted molar refractivity (Wildman–Crippen MR) is 102 cm³/mol. The van der Waals surface area contributed by atoms with Crippen LogP contribution in [0.1, 0.15) is 19.8 Å². The highest BCUT2D eigenvalue weighted by molar-refractivity contribution is 6.37. The Balaban J connectivity index is 1.52. The number of hydrazone groups is 1. The summed E-state index contributed by atoms with van der Waals surface area (Å²) in [5.41, 5.74) is 2.84. The smallest absolute Gasteiger partial charge is 0.355 e. The van der Waals surface area contributed by atoms with E-state index in [1.807, 2.05) is 30.3 Å². The summed E-state index contributed by atoms with van der Waals surface area (Å²) in [7, 11) is 0. The van der Waals surface area contributed by atoms with Crippen LogP contribution in [0.3, 0.4) is 0 Å². The molecule has 28 heavy (non-hydrogen) atoms. The van der Waals surface area contributed by atoms with E-state index in [0.717, 1.165) is 0 Å². The highest BCUT2D eigenvalue weighted by atomic mass is 16.5. The number of amides is 2. The third-order valence-corrected chi connectivity index (χ3v) is 3.89. The Labute approximate surface area is 161 Å². The monoisotopic (exact) mass is 381 g/mol. The van der Waals surface area contributed by atoms with Gasteiger partial charge in [-0.3, -0.25) is 9.59 Å². The molecule has 1 heterocycles. The van der Waals surface area contributed by atoms with Crippen LogP contribution in [-0.4, -0.2) is 29.6 Å². The quantitative estimate of drug-likeness (QED) is 0.748. The van der Waals surface area contributed by atoms with Gasteiger partial charge in [0.1, 0.15) is 17.2 Å². The molecule has 2 aromatic rings. The summed E-state index contributed by atoms with van der Waals surface area (Å²) in [5, 5.41) is 6.31. The van der Waals surface area contributed by atoms with E-state index in [-0.39, 0.29) is 24.5 Å². The highest BCUT2D eigenvalue weighted by Crippen LogP contribution is 2.22. The molecule has 8 heteroatoms. The van der Waals surface area contributed by atoms with E-state index >= 15 is 0 Å². The first kappa shape index (κ1) is 19.1. The van der Waals surface area contributed by atoms with Crippen molar-refractivity contribution in [1.82, 2.24) is 5.43 Å². The number of anilines is 1. The molecule has 0 unspecified atom stereocenters. The zero-order valence-electron chi connectivity index (χ0n) is 15.2. The summed E-state index contributed by atoms with van der Waals surface area (Å²) in [6, 6.07) is 16.1. The minimum absolute atomic E-state index is 0.0849. The van der Waals surface area contributed by atoms with E-state index in [2.05, 4.69) is 15.8 Å². The Morgan fingerprint density at radius 2 is 1.71 bits per heavy atom. The predicted octanol–water partition coefficient (Wildman–Crippen LogP) is 2.62. The first-order valence-electron chi connectivity index (χ1n) is 8.71. The standard InChI is InChI=1S/C20H19N3O5/c1-13(27-20(26)17-11-12-18(24)23-22-17)19(25)21-14-7-9-16(10-8-14)28-15-5-3-2-4-6-15/h2-10,13H,11-12H2,1H3,(H,21,25)(H,23,24)/t13-/m0/s1. The van der Waals surface area contributed by atoms with Crippen molar-refractivity contribution >= 4 is 29.2 Å². The molecule has 0 saturated carbocycles. The minimum atomic E-state index is -1.02. The molecule has 144 valence electrons. The summed E-state index contributed by atoms with van der Waals surface area (Å²) in [6.07, 6.45) is -0.679. The normalized spacial score (nSPS) is 14.3. The lowest BCUT2D eigenvalue weighted by Crippen LogP contribution is -2.35. The molecule has 8 nitrogen and oxygen atoms in total. The number of nitrogens with one attached hydrogen (secondary N) is 2. The highest BCUT2D eigenvalue weighted by Gasteiger charge is 2.24. The van der Waals surface area contributed by atoms with E-state index in [4.69, 9.17) is 9.47 Å². The summed E-state index contributed by atoms with van der Waals surface area (Å²) in [4.78, 5) is 35.3. The van der Waals surface area contributed by atoms with Gasteiger partial charge < -0.3 is 14.8 Å². The van der Waals surface area contributed by atoms with Gasteiger partial charge in [0.05, 0.1) is 0 Å². The first-order valence-corrected chi connectivity index (χ1v) is 8.71. The second-order valence-corrected chi connectivity index (χ2v) is 6.07. The van der Waals surface area contributed by atoms with Crippen LogP contribution in [-0.2, 0) is 19.1 Å². The third-order valence-electron chi connectivity index (χ3n) is 3.89. The average molecular weight is 381 g/mol. The van der Waals surface area contributed by atoms with Crippen LogP contribution in [0.25, 0.3) is 0 Å². The number of hydrogen-bond donors (Lipinski definition) is 2. The molecule has 2 N–H and O–H groups in total. The topological polar surface area (TPSA) is 106 Å². The molecule has 0 radical (unpaired) electrons. The Kier molecular flexibility index (Phi) is 6.01. The van der Waals surface area contributed by atoms with Crippen LogP contribution >= 0.6 is 0 Å². The molecule has 0 aliphatic carbocycles. The van der Waals surface area contributed by atoms with Gasteiger partial charge in [-0.1, -0.05) is 18.2 Å². The molecule has 0 fully saturated rings. The zero-order chi connectivity index (χ0) is 19.9. The molecule has 1 atom stereocenters. The van der Waals surface area contributed by atoms with Crippen LogP contribution in [0, 0.1) is 0 Å². The maximum atomic E-state index is 12.2. The molecule has 0 aromatic heterocycles. The van der Waals surface area contributed by atoms with Crippen LogP contribution < -0.4 is 15.5 Å². The minimum Gasteiger partial charge on any atom is -0.457 e. The number of carbonyl (C=O) groups is 3. The fourth-order valence-corrected chi connectivity index (χ4v) is 2.38. The largest absolute Gasteiger partial charge is 0.457 e. The average Bonchev–Trinajstić information content (AvgIpc) is 2.70. The third kappa shape index (κ3) is 5.16. The van der Waals surface area contributed by atoms with Gasteiger partial charge in [-0.05, 0) is 43.3 Å². The molecule has 0 saturated heterocycles. The van der Waals surface area contributed by atoms with E-state index in [1.54, 1.807) is 24.3 Å². The molecule has 0 spiro atoms. The molecule has 0 bridgehead atoms. The number of esters is 1. The Hall–Kier alpha value is -3.68. The van der Waals surface area contributed by atoms with Gasteiger partial charge in [0.2, 0.25) is 5.91 Å². The number of carbonyl (C=O) groups excluding carboxylic acids is 3. The lowest BCUT2D eigenvalue weighted by atomic mass is 10.2. The van der Waals surface area contributed by atoms with Gasteiger partial charge in [0, 0.05) is 18.5 Å². The van der Waals surface area contributed by atoms with E-state index in [9.17, 15) is 14.4 Å². The Morgan fingerprint density at radius 1 is 1.04 bits per heavy atom. The van der Waals surface area contributed by atoms with Crippen molar-refractivity contribution in [2.45, 2.75) is 25.9 Å². The molecule has 2 aromatic carbocycles. The number of hydrogen-bond acceptors (Lipinski definition) is 6. The fourth-order valence-electron chi connectivity index (χ4n) is 2.38. The van der Waals surface area contributed by atoms with Crippen molar-refractivity contribution in [3.8, 4) is 11.5 Å². The van der Waals surface area contributed by atoms with Crippen molar-refractivity contribution in [2.24, 2.45) is 5.10 Å². The number of para-hydroxylation sites is 1. The lowest BCUT2D eigenvalue weighted by molar-refractivity contribution is -0.146. The van der Waals surface area contributed by atoms with Gasteiger partial charge in [-0.15, -0.1) is 0 Å². The number of benzene rings is 2. The molecule has 2 amide bonds. The number of rotatable bonds is 6. The Morgan fingerprint density at radius 3 is 2.36 bits per heavy atom. The Bertz CT molecular complexity index is 894. The van der Waals surface area contributed by atoms with Crippen LogP contribution in [0.4, 0.5) is 5.69 Å². The summed E-state index contributed by atoms with van der Waals surface area (Å²) < 4.78 is 10.8. The van der Waals surface area contributed by atoms with E-state index in [0.29, 0.717) is 17.2 Å². The van der Waals surface area contributed by atoms with Crippen molar-refractivity contribution in [1.29, 1.82) is 0 Å². The van der Waals surface area contributed by atoms with Crippen molar-refractivity contribution in [3.05, 3.63) is 54.6 Å². The second-order valence-electron chi connectivity index (χ2n) is 6.07. The summed E-state index contributed by atoms with van der Waals surface area (Å²) in [6.45, 7) is 1.46. The fraction of sp³-hybridized carbons (Fsp3) is 0.200. The van der Waals surface area contributed by atoms with Crippen molar-refractivity contribution in [3.63, 3.8) is 0 Å². The van der Waals surface area contributed by atoms with Gasteiger partial charge in [-0.25, -0.2) is 10.2 Å². The molecule has 1 aliphatic rings. The van der Waals surface area contributed by atoms with Gasteiger partial charge in [0.15, 0.2) is 6.10 Å². The molecule has 1 aliphatic heterocycles. The molecular formula is C20H19N3O5. The molecule has 3 rings (SSSR count). The second kappa shape index (κ2) is 8.81. The lowest BCUT2D eigenvalue weighted by Gasteiger charge is -2.16.